The monoisotopic (exact) mass is 320 g/mol. The Morgan fingerprint density at radius 3 is 2.65 bits per heavy atom. The third-order valence-electron chi connectivity index (χ3n) is 3.60. The van der Waals surface area contributed by atoms with Gasteiger partial charge >= 0.3 is 11.9 Å². The van der Waals surface area contributed by atoms with Gasteiger partial charge in [0.1, 0.15) is 5.82 Å². The number of hydrogen-bond acceptors (Lipinski definition) is 3. The number of fused-ring (bicyclic) bond motifs is 1. The van der Waals surface area contributed by atoms with Crippen molar-refractivity contribution in [1.82, 2.24) is 0 Å². The summed E-state index contributed by atoms with van der Waals surface area (Å²) in [6.45, 7) is 0.141. The molecule has 0 unspecified atom stereocenters. The second-order valence-corrected chi connectivity index (χ2v) is 5.03. The predicted molar refractivity (Wildman–Crippen MR) is 78.6 cm³/mol. The number of aromatic carboxylic acids is 1. The number of anilines is 1. The van der Waals surface area contributed by atoms with Gasteiger partial charge in [-0.1, -0.05) is 12.1 Å². The molecule has 0 spiro atoms. The zero-order valence-corrected chi connectivity index (χ0v) is 11.7. The molecule has 0 aliphatic carbocycles. The van der Waals surface area contributed by atoms with Gasteiger partial charge in [0, 0.05) is 11.3 Å². The predicted octanol–water partition coefficient (Wildman–Crippen LogP) is 3.62. The molecule has 1 aliphatic heterocycles. The number of halogens is 3. The zero-order valence-electron chi connectivity index (χ0n) is 11.7. The molecule has 23 heavy (non-hydrogen) atoms. The van der Waals surface area contributed by atoms with E-state index in [0.717, 1.165) is 24.3 Å². The Bertz CT molecular complexity index is 819. The van der Waals surface area contributed by atoms with Crippen LogP contribution < -0.4 is 5.32 Å². The summed E-state index contributed by atoms with van der Waals surface area (Å²) in [5.41, 5.74) is -1.39. The van der Waals surface area contributed by atoms with E-state index >= 15 is 0 Å². The van der Waals surface area contributed by atoms with Crippen molar-refractivity contribution >= 4 is 18.0 Å². The fourth-order valence-corrected chi connectivity index (χ4v) is 2.47. The van der Waals surface area contributed by atoms with Gasteiger partial charge in [0.15, 0.2) is 0 Å². The van der Waals surface area contributed by atoms with E-state index in [-0.39, 0.29) is 6.54 Å². The number of carboxylic acid groups (broad SMARTS) is 1. The van der Waals surface area contributed by atoms with Crippen LogP contribution in [0.25, 0.3) is 0 Å². The molecule has 0 saturated carbocycles. The van der Waals surface area contributed by atoms with Crippen molar-refractivity contribution in [3.63, 3.8) is 0 Å². The van der Waals surface area contributed by atoms with E-state index < -0.39 is 34.4 Å². The van der Waals surface area contributed by atoms with Gasteiger partial charge in [-0.25, -0.2) is 9.18 Å². The average Bonchev–Trinajstić information content (AvgIpc) is 2.53. The maximum absolute atomic E-state index is 14.8. The topological polar surface area (TPSA) is 61.7 Å². The Morgan fingerprint density at radius 2 is 1.96 bits per heavy atom. The third-order valence-corrected chi connectivity index (χ3v) is 3.60. The molecule has 2 aromatic carbocycles. The molecule has 0 bridgehead atoms. The standard InChI is InChI=1S/C16H11F3N2O2/c17-13-4-2-1-3-11(13)16(18,19)12-5-9-7-20-8-21-14(9)6-10(12)15(22)23/h1-6,8H,7H2,(H,20,21)(H,22,23). The van der Waals surface area contributed by atoms with Gasteiger partial charge in [-0.05, 0) is 29.8 Å². The highest BCUT2D eigenvalue weighted by Gasteiger charge is 2.40. The number of hydrogen-bond donors (Lipinski definition) is 2. The van der Waals surface area contributed by atoms with E-state index in [1.54, 1.807) is 0 Å². The van der Waals surface area contributed by atoms with Crippen LogP contribution in [0.5, 0.6) is 0 Å². The summed E-state index contributed by atoms with van der Waals surface area (Å²) in [5, 5.41) is 12.0. The Labute approximate surface area is 129 Å². The van der Waals surface area contributed by atoms with Crippen molar-refractivity contribution in [2.24, 2.45) is 4.99 Å². The lowest BCUT2D eigenvalue weighted by Gasteiger charge is -2.22. The van der Waals surface area contributed by atoms with Crippen LogP contribution >= 0.6 is 0 Å². The van der Waals surface area contributed by atoms with Crippen LogP contribution in [-0.2, 0) is 12.5 Å². The summed E-state index contributed by atoms with van der Waals surface area (Å²) in [5.74, 6) is -6.39. The van der Waals surface area contributed by atoms with Crippen LogP contribution in [0.3, 0.4) is 0 Å². The Hall–Kier alpha value is -2.83. The van der Waals surface area contributed by atoms with Gasteiger partial charge in [0.2, 0.25) is 0 Å². The summed E-state index contributed by atoms with van der Waals surface area (Å²) in [6.07, 6.45) is 1.36. The molecular weight excluding hydrogens is 309 g/mol. The first-order valence-electron chi connectivity index (χ1n) is 6.69. The van der Waals surface area contributed by atoms with Crippen molar-refractivity contribution in [1.29, 1.82) is 0 Å². The van der Waals surface area contributed by atoms with Crippen LogP contribution in [0.1, 0.15) is 27.0 Å². The van der Waals surface area contributed by atoms with Crippen LogP contribution in [0.2, 0.25) is 0 Å². The Morgan fingerprint density at radius 1 is 1.22 bits per heavy atom. The molecule has 1 heterocycles. The molecule has 4 nitrogen and oxygen atoms in total. The molecule has 0 fully saturated rings. The lowest BCUT2D eigenvalue weighted by Crippen LogP contribution is -2.22. The van der Waals surface area contributed by atoms with Crippen molar-refractivity contribution in [2.45, 2.75) is 12.5 Å². The van der Waals surface area contributed by atoms with E-state index in [2.05, 4.69) is 10.3 Å². The largest absolute Gasteiger partial charge is 0.478 e. The van der Waals surface area contributed by atoms with Gasteiger partial charge in [0.25, 0.3) is 0 Å². The second-order valence-electron chi connectivity index (χ2n) is 5.03. The summed E-state index contributed by atoms with van der Waals surface area (Å²) in [6, 6.07) is 6.60. The van der Waals surface area contributed by atoms with E-state index in [4.69, 9.17) is 0 Å². The molecule has 2 aromatic rings. The molecule has 0 radical (unpaired) electrons. The lowest BCUT2D eigenvalue weighted by atomic mass is 9.92. The highest BCUT2D eigenvalue weighted by atomic mass is 19.3. The SMILES string of the molecule is O=C(O)c1cc2c(cc1C(F)(F)c1ccccc1F)CN=CN2. The highest BCUT2D eigenvalue weighted by molar-refractivity contribution is 5.93. The number of benzene rings is 2. The maximum Gasteiger partial charge on any atom is 0.336 e. The normalized spacial score (nSPS) is 13.3. The Kier molecular flexibility index (Phi) is 3.55. The minimum absolute atomic E-state index is 0.141. The highest BCUT2D eigenvalue weighted by Crippen LogP contribution is 2.41. The molecule has 2 N–H and O–H groups in total. The van der Waals surface area contributed by atoms with Gasteiger partial charge in [-0.3, -0.25) is 4.99 Å². The van der Waals surface area contributed by atoms with Gasteiger partial charge in [-0.2, -0.15) is 8.78 Å². The van der Waals surface area contributed by atoms with Crippen LogP contribution in [0.4, 0.5) is 18.9 Å². The number of alkyl halides is 2. The number of carboxylic acids is 1. The van der Waals surface area contributed by atoms with E-state index in [9.17, 15) is 23.1 Å². The minimum Gasteiger partial charge on any atom is -0.478 e. The van der Waals surface area contributed by atoms with Crippen molar-refractivity contribution in [3.8, 4) is 0 Å². The van der Waals surface area contributed by atoms with Crippen molar-refractivity contribution in [3.05, 3.63) is 64.5 Å². The van der Waals surface area contributed by atoms with Crippen LogP contribution in [-0.4, -0.2) is 17.4 Å². The number of rotatable bonds is 3. The smallest absolute Gasteiger partial charge is 0.336 e. The molecule has 0 amide bonds. The number of carbonyl (C=O) groups is 1. The van der Waals surface area contributed by atoms with E-state index in [1.807, 2.05) is 0 Å². The minimum atomic E-state index is -3.78. The molecule has 0 aromatic heterocycles. The van der Waals surface area contributed by atoms with E-state index in [0.29, 0.717) is 11.3 Å². The number of nitrogens with one attached hydrogen (secondary N) is 1. The first-order valence-corrected chi connectivity index (χ1v) is 6.69. The molecule has 0 saturated heterocycles. The molecule has 0 atom stereocenters. The van der Waals surface area contributed by atoms with Gasteiger partial charge in [0.05, 0.1) is 24.0 Å². The summed E-state index contributed by atoms with van der Waals surface area (Å²) in [7, 11) is 0. The van der Waals surface area contributed by atoms with Crippen molar-refractivity contribution < 1.29 is 23.1 Å². The summed E-state index contributed by atoms with van der Waals surface area (Å²) in [4.78, 5) is 15.3. The van der Waals surface area contributed by atoms with Gasteiger partial charge < -0.3 is 10.4 Å². The van der Waals surface area contributed by atoms with E-state index in [1.165, 1.54) is 18.5 Å². The fourth-order valence-electron chi connectivity index (χ4n) is 2.47. The van der Waals surface area contributed by atoms with Crippen LogP contribution in [0, 0.1) is 5.82 Å². The lowest BCUT2D eigenvalue weighted by molar-refractivity contribution is 0.0355. The number of aliphatic imine (C=N–C) groups is 1. The molecule has 1 aliphatic rings. The first-order chi connectivity index (χ1) is 10.9. The first kappa shape index (κ1) is 15.1. The van der Waals surface area contributed by atoms with Gasteiger partial charge in [-0.15, -0.1) is 0 Å². The molecule has 118 valence electrons. The quantitative estimate of drug-likeness (QED) is 0.908. The summed E-state index contributed by atoms with van der Waals surface area (Å²) < 4.78 is 43.3. The Balaban J connectivity index is 2.22. The summed E-state index contributed by atoms with van der Waals surface area (Å²) >= 11 is 0. The molecular formula is C16H11F3N2O2. The van der Waals surface area contributed by atoms with Crippen molar-refractivity contribution in [2.75, 3.05) is 5.32 Å². The van der Waals surface area contributed by atoms with Crippen LogP contribution in [0.15, 0.2) is 41.4 Å². The molecule has 3 rings (SSSR count). The average molecular weight is 320 g/mol. The second kappa shape index (κ2) is 5.42. The fraction of sp³-hybridized carbons (Fsp3) is 0.125. The molecule has 7 heteroatoms. The maximum atomic E-state index is 14.8. The zero-order chi connectivity index (χ0) is 16.6. The third kappa shape index (κ3) is 2.54. The number of nitrogens with zero attached hydrogens (tertiary/aromatic N) is 1.